The SMILES string of the molecule is [C-]#[N+]c1cccc2c(C(C)C)cccc12. The molecule has 0 radical (unpaired) electrons. The highest BCUT2D eigenvalue weighted by molar-refractivity contribution is 5.96. The average Bonchev–Trinajstić information content (AvgIpc) is 2.27. The first kappa shape index (κ1) is 9.73. The van der Waals surface area contributed by atoms with E-state index in [4.69, 9.17) is 6.57 Å². The highest BCUT2D eigenvalue weighted by Crippen LogP contribution is 2.31. The Morgan fingerprint density at radius 2 is 1.67 bits per heavy atom. The van der Waals surface area contributed by atoms with Crippen molar-refractivity contribution < 1.29 is 0 Å². The summed E-state index contributed by atoms with van der Waals surface area (Å²) in [5.41, 5.74) is 2.06. The van der Waals surface area contributed by atoms with Crippen molar-refractivity contribution in [1.82, 2.24) is 0 Å². The number of benzene rings is 2. The molecule has 2 rings (SSSR count). The van der Waals surface area contributed by atoms with Crippen LogP contribution in [-0.2, 0) is 0 Å². The first-order valence-electron chi connectivity index (χ1n) is 5.13. The molecule has 2 aromatic carbocycles. The normalized spacial score (nSPS) is 10.5. The minimum absolute atomic E-state index is 0.495. The maximum atomic E-state index is 7.13. The minimum Gasteiger partial charge on any atom is -0.238 e. The molecule has 15 heavy (non-hydrogen) atoms. The van der Waals surface area contributed by atoms with E-state index in [-0.39, 0.29) is 0 Å². The smallest absolute Gasteiger partial charge is 0.194 e. The lowest BCUT2D eigenvalue weighted by Crippen LogP contribution is -1.88. The van der Waals surface area contributed by atoms with Gasteiger partial charge in [0.15, 0.2) is 5.69 Å². The number of hydrogen-bond donors (Lipinski definition) is 0. The van der Waals surface area contributed by atoms with Crippen LogP contribution in [0.1, 0.15) is 25.3 Å². The first-order valence-corrected chi connectivity index (χ1v) is 5.13. The molecule has 0 spiro atoms. The Morgan fingerprint density at radius 1 is 1.00 bits per heavy atom. The van der Waals surface area contributed by atoms with E-state index in [9.17, 15) is 0 Å². The van der Waals surface area contributed by atoms with Gasteiger partial charge in [-0.3, -0.25) is 0 Å². The molecular formula is C14H13N. The quantitative estimate of drug-likeness (QED) is 0.589. The van der Waals surface area contributed by atoms with Gasteiger partial charge in [0.1, 0.15) is 0 Å². The second kappa shape index (κ2) is 3.74. The molecule has 0 aliphatic rings. The third kappa shape index (κ3) is 1.59. The molecule has 0 aliphatic heterocycles. The predicted molar refractivity (Wildman–Crippen MR) is 64.3 cm³/mol. The standard InChI is InChI=1S/C14H13N/c1-10(2)11-6-4-8-13-12(11)7-5-9-14(13)15-3/h4-10H,1-2H3. The van der Waals surface area contributed by atoms with E-state index in [1.54, 1.807) is 0 Å². The highest BCUT2D eigenvalue weighted by atomic mass is 14.6. The Hall–Kier alpha value is -1.81. The van der Waals surface area contributed by atoms with Crippen LogP contribution < -0.4 is 0 Å². The molecular weight excluding hydrogens is 182 g/mol. The molecule has 0 amide bonds. The first-order chi connectivity index (χ1) is 7.24. The van der Waals surface area contributed by atoms with Crippen LogP contribution in [0.3, 0.4) is 0 Å². The molecule has 2 aromatic rings. The monoisotopic (exact) mass is 195 g/mol. The highest BCUT2D eigenvalue weighted by Gasteiger charge is 2.06. The third-order valence-electron chi connectivity index (χ3n) is 2.68. The van der Waals surface area contributed by atoms with Crippen molar-refractivity contribution in [1.29, 1.82) is 0 Å². The van der Waals surface area contributed by atoms with E-state index in [1.807, 2.05) is 24.3 Å². The van der Waals surface area contributed by atoms with Crippen molar-refractivity contribution in [2.24, 2.45) is 0 Å². The van der Waals surface area contributed by atoms with E-state index < -0.39 is 0 Å². The zero-order valence-corrected chi connectivity index (χ0v) is 8.99. The Kier molecular flexibility index (Phi) is 2.43. The van der Waals surface area contributed by atoms with Crippen LogP contribution in [0.25, 0.3) is 15.6 Å². The summed E-state index contributed by atoms with van der Waals surface area (Å²) in [6.07, 6.45) is 0. The van der Waals surface area contributed by atoms with Crippen molar-refractivity contribution in [3.05, 3.63) is 53.4 Å². The lowest BCUT2D eigenvalue weighted by molar-refractivity contribution is 0.876. The fourth-order valence-electron chi connectivity index (χ4n) is 1.92. The number of rotatable bonds is 1. The van der Waals surface area contributed by atoms with Crippen LogP contribution in [0.5, 0.6) is 0 Å². The molecule has 0 atom stereocenters. The van der Waals surface area contributed by atoms with Crippen molar-refractivity contribution in [3.63, 3.8) is 0 Å². The van der Waals surface area contributed by atoms with Crippen LogP contribution >= 0.6 is 0 Å². The lowest BCUT2D eigenvalue weighted by Gasteiger charge is -2.10. The fourth-order valence-corrected chi connectivity index (χ4v) is 1.92. The zero-order chi connectivity index (χ0) is 10.8. The van der Waals surface area contributed by atoms with Gasteiger partial charge in [-0.1, -0.05) is 50.2 Å². The topological polar surface area (TPSA) is 4.36 Å². The Balaban J connectivity index is 2.84. The molecule has 0 unspecified atom stereocenters. The minimum atomic E-state index is 0.495. The van der Waals surface area contributed by atoms with Gasteiger partial charge in [0.05, 0.1) is 6.57 Å². The summed E-state index contributed by atoms with van der Waals surface area (Å²) >= 11 is 0. The number of fused-ring (bicyclic) bond motifs is 1. The van der Waals surface area contributed by atoms with Gasteiger partial charge in [0.25, 0.3) is 0 Å². The number of hydrogen-bond acceptors (Lipinski definition) is 0. The van der Waals surface area contributed by atoms with Crippen LogP contribution in [0.15, 0.2) is 36.4 Å². The average molecular weight is 195 g/mol. The molecule has 1 heteroatoms. The van der Waals surface area contributed by atoms with E-state index >= 15 is 0 Å². The number of nitrogens with zero attached hydrogens (tertiary/aromatic N) is 1. The van der Waals surface area contributed by atoms with Crippen molar-refractivity contribution in [3.8, 4) is 0 Å². The summed E-state index contributed by atoms with van der Waals surface area (Å²) in [4.78, 5) is 3.55. The zero-order valence-electron chi connectivity index (χ0n) is 8.99. The summed E-state index contributed by atoms with van der Waals surface area (Å²) in [5, 5.41) is 2.28. The molecule has 0 saturated carbocycles. The van der Waals surface area contributed by atoms with Crippen molar-refractivity contribution in [2.45, 2.75) is 19.8 Å². The van der Waals surface area contributed by atoms with Gasteiger partial charge in [0, 0.05) is 0 Å². The fraction of sp³-hybridized carbons (Fsp3) is 0.214. The summed E-state index contributed by atoms with van der Waals surface area (Å²) in [5.74, 6) is 0.495. The molecule has 0 heterocycles. The summed E-state index contributed by atoms with van der Waals surface area (Å²) in [6.45, 7) is 11.5. The van der Waals surface area contributed by atoms with E-state index in [0.717, 1.165) is 11.1 Å². The largest absolute Gasteiger partial charge is 0.238 e. The summed E-state index contributed by atoms with van der Waals surface area (Å²) in [7, 11) is 0. The van der Waals surface area contributed by atoms with Gasteiger partial charge in [0.2, 0.25) is 0 Å². The second-order valence-corrected chi connectivity index (χ2v) is 3.99. The van der Waals surface area contributed by atoms with Gasteiger partial charge >= 0.3 is 0 Å². The summed E-state index contributed by atoms with van der Waals surface area (Å²) < 4.78 is 0. The van der Waals surface area contributed by atoms with Gasteiger partial charge in [-0.25, -0.2) is 4.85 Å². The molecule has 0 bridgehead atoms. The van der Waals surface area contributed by atoms with Gasteiger partial charge < -0.3 is 0 Å². The van der Waals surface area contributed by atoms with Crippen LogP contribution in [0.2, 0.25) is 0 Å². The Bertz CT molecular complexity index is 533. The second-order valence-electron chi connectivity index (χ2n) is 3.99. The Morgan fingerprint density at radius 3 is 2.33 bits per heavy atom. The van der Waals surface area contributed by atoms with Crippen molar-refractivity contribution in [2.75, 3.05) is 0 Å². The van der Waals surface area contributed by atoms with Gasteiger partial charge in [-0.15, -0.1) is 0 Å². The van der Waals surface area contributed by atoms with Gasteiger partial charge in [-0.05, 0) is 22.3 Å². The van der Waals surface area contributed by atoms with E-state index in [1.165, 1.54) is 10.9 Å². The maximum Gasteiger partial charge on any atom is 0.194 e. The van der Waals surface area contributed by atoms with Crippen LogP contribution in [-0.4, -0.2) is 0 Å². The predicted octanol–water partition coefficient (Wildman–Crippen LogP) is 4.51. The molecule has 0 fully saturated rings. The molecule has 74 valence electrons. The molecule has 0 aromatic heterocycles. The Labute approximate surface area is 90.2 Å². The van der Waals surface area contributed by atoms with E-state index in [2.05, 4.69) is 30.8 Å². The van der Waals surface area contributed by atoms with Gasteiger partial charge in [-0.2, -0.15) is 0 Å². The summed E-state index contributed by atoms with van der Waals surface area (Å²) in [6, 6.07) is 12.1. The molecule has 0 saturated heterocycles. The van der Waals surface area contributed by atoms with E-state index in [0.29, 0.717) is 5.92 Å². The molecule has 1 nitrogen and oxygen atoms in total. The molecule has 0 N–H and O–H groups in total. The third-order valence-corrected chi connectivity index (χ3v) is 2.68. The van der Waals surface area contributed by atoms with Crippen LogP contribution in [0.4, 0.5) is 5.69 Å². The lowest BCUT2D eigenvalue weighted by atomic mass is 9.95. The van der Waals surface area contributed by atoms with Crippen molar-refractivity contribution >= 4 is 16.5 Å². The maximum absolute atomic E-state index is 7.13. The molecule has 0 aliphatic carbocycles. The van der Waals surface area contributed by atoms with Crippen LogP contribution in [0, 0.1) is 6.57 Å².